The molecule has 0 aliphatic heterocycles. The lowest BCUT2D eigenvalue weighted by molar-refractivity contribution is -0.0111. The highest BCUT2D eigenvalue weighted by atomic mass is 16.5. The summed E-state index contributed by atoms with van der Waals surface area (Å²) in [5.74, 6) is 0.549. The smallest absolute Gasteiger partial charge is 0.0818 e. The van der Waals surface area contributed by atoms with E-state index in [0.717, 1.165) is 64.4 Å². The molecule has 192 valence electrons. The number of ether oxygens (including phenoxy) is 1. The van der Waals surface area contributed by atoms with Crippen LogP contribution in [0.2, 0.25) is 0 Å². The minimum absolute atomic E-state index is 0.111. The van der Waals surface area contributed by atoms with Crippen LogP contribution in [-0.4, -0.2) is 34.6 Å². The van der Waals surface area contributed by atoms with E-state index in [2.05, 4.69) is 52.8 Å². The van der Waals surface area contributed by atoms with Crippen molar-refractivity contribution in [3.8, 4) is 0 Å². The first kappa shape index (κ1) is 30.1. The summed E-state index contributed by atoms with van der Waals surface area (Å²) in [5, 5.41) is 21.1. The molecular formula is C30H54O3. The van der Waals surface area contributed by atoms with Crippen LogP contribution in [0.3, 0.4) is 0 Å². The van der Waals surface area contributed by atoms with Crippen LogP contribution in [0.4, 0.5) is 0 Å². The molecule has 0 heterocycles. The van der Waals surface area contributed by atoms with E-state index in [0.29, 0.717) is 5.92 Å². The fourth-order valence-corrected chi connectivity index (χ4v) is 4.65. The first-order chi connectivity index (χ1) is 15.7. The van der Waals surface area contributed by atoms with Crippen LogP contribution < -0.4 is 0 Å². The Morgan fingerprint density at radius 3 is 2.39 bits per heavy atom. The maximum absolute atomic E-state index is 10.7. The van der Waals surface area contributed by atoms with Crippen molar-refractivity contribution in [1.82, 2.24) is 0 Å². The topological polar surface area (TPSA) is 49.7 Å². The van der Waals surface area contributed by atoms with Gasteiger partial charge in [-0.15, -0.1) is 0 Å². The Bertz CT molecular complexity index is 602. The minimum Gasteiger partial charge on any atom is -0.390 e. The Morgan fingerprint density at radius 2 is 1.70 bits per heavy atom. The summed E-state index contributed by atoms with van der Waals surface area (Å²) in [7, 11) is 0. The molecule has 1 aliphatic carbocycles. The van der Waals surface area contributed by atoms with Gasteiger partial charge in [-0.25, -0.2) is 0 Å². The maximum Gasteiger partial charge on any atom is 0.0818 e. The van der Waals surface area contributed by atoms with Crippen molar-refractivity contribution in [1.29, 1.82) is 0 Å². The fraction of sp³-hybridized carbons (Fsp3) is 0.800. The second kappa shape index (κ2) is 16.7. The summed E-state index contributed by atoms with van der Waals surface area (Å²) in [6.45, 7) is 13.7. The Kier molecular flexibility index (Phi) is 15.2. The zero-order chi connectivity index (χ0) is 24.7. The van der Waals surface area contributed by atoms with Crippen molar-refractivity contribution < 1.29 is 14.9 Å². The molecule has 3 heteroatoms. The normalized spacial score (nSPS) is 25.9. The van der Waals surface area contributed by atoms with Gasteiger partial charge in [-0.1, -0.05) is 76.8 Å². The predicted molar refractivity (Wildman–Crippen MR) is 142 cm³/mol. The SMILES string of the molecule is CCCCC=C(C)CCCC(C)(O)CCCC=CCC1=CC(O)C(C)C(C)C1OCCCC. The van der Waals surface area contributed by atoms with Gasteiger partial charge < -0.3 is 14.9 Å². The summed E-state index contributed by atoms with van der Waals surface area (Å²) in [5.41, 5.74) is 2.11. The Morgan fingerprint density at radius 1 is 1.00 bits per heavy atom. The van der Waals surface area contributed by atoms with Crippen molar-refractivity contribution in [2.45, 2.75) is 136 Å². The van der Waals surface area contributed by atoms with Gasteiger partial charge in [-0.2, -0.15) is 0 Å². The molecule has 2 N–H and O–H groups in total. The molecule has 0 amide bonds. The number of aliphatic hydroxyl groups is 2. The standard InChI is InChI=1S/C30H54O3/c1-7-9-13-17-24(3)18-16-21-30(6,32)20-15-12-11-14-19-27-23-28(31)25(4)26(5)29(27)33-22-10-8-2/h11,14,17,23,25-26,28-29,31-32H,7-10,12-13,15-16,18-22H2,1-6H3. The van der Waals surface area contributed by atoms with E-state index in [-0.39, 0.29) is 18.1 Å². The zero-order valence-corrected chi connectivity index (χ0v) is 22.6. The van der Waals surface area contributed by atoms with Gasteiger partial charge in [0.1, 0.15) is 0 Å². The molecule has 0 aromatic heterocycles. The van der Waals surface area contributed by atoms with Crippen molar-refractivity contribution in [2.24, 2.45) is 11.8 Å². The van der Waals surface area contributed by atoms with E-state index < -0.39 is 5.60 Å². The zero-order valence-electron chi connectivity index (χ0n) is 22.6. The molecule has 5 atom stereocenters. The second-order valence-electron chi connectivity index (χ2n) is 10.7. The molecular weight excluding hydrogens is 408 g/mol. The molecule has 0 aromatic rings. The van der Waals surface area contributed by atoms with Gasteiger partial charge in [0, 0.05) is 6.61 Å². The van der Waals surface area contributed by atoms with Gasteiger partial charge in [0.15, 0.2) is 0 Å². The molecule has 0 fully saturated rings. The van der Waals surface area contributed by atoms with E-state index in [9.17, 15) is 10.2 Å². The predicted octanol–water partition coefficient (Wildman–Crippen LogP) is 7.92. The fourth-order valence-electron chi connectivity index (χ4n) is 4.65. The number of unbranched alkanes of at least 4 members (excludes halogenated alkanes) is 4. The van der Waals surface area contributed by atoms with Crippen LogP contribution in [0.25, 0.3) is 0 Å². The first-order valence-electron chi connectivity index (χ1n) is 13.7. The van der Waals surface area contributed by atoms with Crippen LogP contribution in [0, 0.1) is 11.8 Å². The Balaban J connectivity index is 2.38. The van der Waals surface area contributed by atoms with Gasteiger partial charge in [0.05, 0.1) is 17.8 Å². The van der Waals surface area contributed by atoms with E-state index in [1.165, 1.54) is 30.4 Å². The summed E-state index contributed by atoms with van der Waals surface area (Å²) < 4.78 is 6.22. The molecule has 1 rings (SSSR count). The third kappa shape index (κ3) is 12.4. The summed E-state index contributed by atoms with van der Waals surface area (Å²) in [6, 6.07) is 0. The lowest BCUT2D eigenvalue weighted by Crippen LogP contribution is -2.38. The molecule has 3 nitrogen and oxygen atoms in total. The monoisotopic (exact) mass is 462 g/mol. The van der Waals surface area contributed by atoms with Gasteiger partial charge in [0.2, 0.25) is 0 Å². The third-order valence-corrected chi connectivity index (χ3v) is 7.33. The largest absolute Gasteiger partial charge is 0.390 e. The van der Waals surface area contributed by atoms with Crippen molar-refractivity contribution >= 4 is 0 Å². The third-order valence-electron chi connectivity index (χ3n) is 7.33. The molecule has 5 unspecified atom stereocenters. The maximum atomic E-state index is 10.7. The number of hydrogen-bond acceptors (Lipinski definition) is 3. The Hall–Kier alpha value is -0.900. The van der Waals surface area contributed by atoms with Crippen LogP contribution in [0.5, 0.6) is 0 Å². The second-order valence-corrected chi connectivity index (χ2v) is 10.7. The summed E-state index contributed by atoms with van der Waals surface area (Å²) in [4.78, 5) is 0. The number of hydrogen-bond donors (Lipinski definition) is 2. The Labute approximate surface area is 205 Å². The highest BCUT2D eigenvalue weighted by molar-refractivity contribution is 5.20. The number of rotatable bonds is 17. The summed E-state index contributed by atoms with van der Waals surface area (Å²) in [6.07, 6.45) is 21.2. The molecule has 0 saturated heterocycles. The lowest BCUT2D eigenvalue weighted by atomic mass is 9.77. The van der Waals surface area contributed by atoms with Gasteiger partial charge in [-0.05, 0) is 89.0 Å². The molecule has 0 aromatic carbocycles. The van der Waals surface area contributed by atoms with Crippen molar-refractivity contribution in [3.05, 3.63) is 35.5 Å². The van der Waals surface area contributed by atoms with Crippen LogP contribution in [0.15, 0.2) is 35.5 Å². The first-order valence-corrected chi connectivity index (χ1v) is 13.7. The van der Waals surface area contributed by atoms with E-state index in [1.807, 2.05) is 13.0 Å². The van der Waals surface area contributed by atoms with Gasteiger partial charge >= 0.3 is 0 Å². The molecule has 0 bridgehead atoms. The molecule has 0 saturated carbocycles. The van der Waals surface area contributed by atoms with Gasteiger partial charge in [0.25, 0.3) is 0 Å². The average molecular weight is 463 g/mol. The van der Waals surface area contributed by atoms with E-state index in [4.69, 9.17) is 4.74 Å². The quantitative estimate of drug-likeness (QED) is 0.170. The average Bonchev–Trinajstić information content (AvgIpc) is 2.76. The molecule has 0 spiro atoms. The number of allylic oxidation sites excluding steroid dienone is 4. The minimum atomic E-state index is -0.572. The van der Waals surface area contributed by atoms with Crippen molar-refractivity contribution in [2.75, 3.05) is 6.61 Å². The van der Waals surface area contributed by atoms with Crippen LogP contribution in [0.1, 0.15) is 119 Å². The highest BCUT2D eigenvalue weighted by Crippen LogP contribution is 2.34. The molecule has 1 aliphatic rings. The lowest BCUT2D eigenvalue weighted by Gasteiger charge is -2.37. The summed E-state index contributed by atoms with van der Waals surface area (Å²) >= 11 is 0. The molecule has 33 heavy (non-hydrogen) atoms. The van der Waals surface area contributed by atoms with E-state index >= 15 is 0 Å². The highest BCUT2D eigenvalue weighted by Gasteiger charge is 2.34. The number of aliphatic hydroxyl groups excluding tert-OH is 1. The van der Waals surface area contributed by atoms with Crippen LogP contribution in [-0.2, 0) is 4.74 Å². The van der Waals surface area contributed by atoms with Crippen molar-refractivity contribution in [3.63, 3.8) is 0 Å². The van der Waals surface area contributed by atoms with E-state index in [1.54, 1.807) is 0 Å². The van der Waals surface area contributed by atoms with Crippen LogP contribution >= 0.6 is 0 Å². The van der Waals surface area contributed by atoms with Gasteiger partial charge in [-0.3, -0.25) is 0 Å². The molecule has 0 radical (unpaired) electrons.